The predicted molar refractivity (Wildman–Crippen MR) is 75.3 cm³/mol. The SMILES string of the molecule is COc1ccc(NC(=O)NCc2ccc(F)cc2)cc1. The first kappa shape index (κ1) is 13.9. The Morgan fingerprint density at radius 3 is 2.35 bits per heavy atom. The molecule has 0 aliphatic carbocycles. The van der Waals surface area contributed by atoms with Crippen molar-refractivity contribution >= 4 is 11.7 Å². The van der Waals surface area contributed by atoms with E-state index < -0.39 is 0 Å². The fourth-order valence-corrected chi connectivity index (χ4v) is 1.63. The molecule has 0 radical (unpaired) electrons. The van der Waals surface area contributed by atoms with Crippen molar-refractivity contribution in [2.45, 2.75) is 6.54 Å². The zero-order valence-corrected chi connectivity index (χ0v) is 11.0. The van der Waals surface area contributed by atoms with Crippen molar-refractivity contribution in [3.63, 3.8) is 0 Å². The molecule has 20 heavy (non-hydrogen) atoms. The van der Waals surface area contributed by atoms with Crippen molar-refractivity contribution in [2.75, 3.05) is 12.4 Å². The Kier molecular flexibility index (Phi) is 4.55. The summed E-state index contributed by atoms with van der Waals surface area (Å²) in [5.74, 6) is 0.429. The number of amides is 2. The third-order valence-corrected chi connectivity index (χ3v) is 2.71. The first-order chi connectivity index (χ1) is 9.67. The van der Waals surface area contributed by atoms with Gasteiger partial charge >= 0.3 is 6.03 Å². The van der Waals surface area contributed by atoms with E-state index in [4.69, 9.17) is 4.74 Å². The third-order valence-electron chi connectivity index (χ3n) is 2.71. The number of halogens is 1. The van der Waals surface area contributed by atoms with Crippen molar-refractivity contribution in [2.24, 2.45) is 0 Å². The van der Waals surface area contributed by atoms with E-state index >= 15 is 0 Å². The smallest absolute Gasteiger partial charge is 0.319 e. The Morgan fingerprint density at radius 2 is 1.75 bits per heavy atom. The van der Waals surface area contributed by atoms with E-state index in [-0.39, 0.29) is 11.8 Å². The molecule has 0 fully saturated rings. The highest BCUT2D eigenvalue weighted by molar-refractivity contribution is 5.89. The minimum absolute atomic E-state index is 0.295. The molecule has 104 valence electrons. The number of hydrogen-bond donors (Lipinski definition) is 2. The van der Waals surface area contributed by atoms with Gasteiger partial charge in [0.1, 0.15) is 11.6 Å². The Labute approximate surface area is 116 Å². The number of methoxy groups -OCH3 is 1. The molecule has 0 aromatic heterocycles. The lowest BCUT2D eigenvalue weighted by Crippen LogP contribution is -2.28. The van der Waals surface area contributed by atoms with Crippen LogP contribution in [0.15, 0.2) is 48.5 Å². The van der Waals surface area contributed by atoms with E-state index in [1.54, 1.807) is 43.5 Å². The fraction of sp³-hybridized carbons (Fsp3) is 0.133. The van der Waals surface area contributed by atoms with Crippen LogP contribution in [0.5, 0.6) is 5.75 Å². The van der Waals surface area contributed by atoms with Gasteiger partial charge in [-0.3, -0.25) is 0 Å². The number of nitrogens with one attached hydrogen (secondary N) is 2. The molecule has 0 atom stereocenters. The molecule has 2 amide bonds. The lowest BCUT2D eigenvalue weighted by molar-refractivity contribution is 0.251. The molecule has 2 aromatic carbocycles. The summed E-state index contributed by atoms with van der Waals surface area (Å²) in [6, 6.07) is 12.7. The van der Waals surface area contributed by atoms with Gasteiger partial charge in [-0.25, -0.2) is 9.18 Å². The van der Waals surface area contributed by atoms with Crippen LogP contribution in [0.3, 0.4) is 0 Å². The van der Waals surface area contributed by atoms with Gasteiger partial charge in [-0.2, -0.15) is 0 Å². The monoisotopic (exact) mass is 274 g/mol. The van der Waals surface area contributed by atoms with Crippen LogP contribution >= 0.6 is 0 Å². The van der Waals surface area contributed by atoms with Gasteiger partial charge in [0.15, 0.2) is 0 Å². The Balaban J connectivity index is 1.84. The number of urea groups is 1. The van der Waals surface area contributed by atoms with Crippen molar-refractivity contribution in [1.29, 1.82) is 0 Å². The topological polar surface area (TPSA) is 50.4 Å². The lowest BCUT2D eigenvalue weighted by Gasteiger charge is -2.08. The third kappa shape index (κ3) is 3.98. The summed E-state index contributed by atoms with van der Waals surface area (Å²) in [5, 5.41) is 5.39. The summed E-state index contributed by atoms with van der Waals surface area (Å²) < 4.78 is 17.8. The van der Waals surface area contributed by atoms with Gasteiger partial charge < -0.3 is 15.4 Å². The summed E-state index contributed by atoms with van der Waals surface area (Å²) in [4.78, 5) is 11.7. The van der Waals surface area contributed by atoms with Gasteiger partial charge in [-0.1, -0.05) is 12.1 Å². The maximum absolute atomic E-state index is 12.7. The van der Waals surface area contributed by atoms with Crippen LogP contribution in [0.1, 0.15) is 5.56 Å². The summed E-state index contributed by atoms with van der Waals surface area (Å²) >= 11 is 0. The van der Waals surface area contributed by atoms with Crippen molar-refractivity contribution in [3.8, 4) is 5.75 Å². The fourth-order valence-electron chi connectivity index (χ4n) is 1.63. The van der Waals surface area contributed by atoms with Gasteiger partial charge in [-0.15, -0.1) is 0 Å². The average molecular weight is 274 g/mol. The highest BCUT2D eigenvalue weighted by Crippen LogP contribution is 2.14. The molecule has 0 aliphatic heterocycles. The molecule has 2 N–H and O–H groups in total. The maximum atomic E-state index is 12.7. The molecule has 0 spiro atoms. The standard InChI is InChI=1S/C15H15FN2O2/c1-20-14-8-6-13(7-9-14)18-15(19)17-10-11-2-4-12(16)5-3-11/h2-9H,10H2,1H3,(H2,17,18,19). The molecule has 2 aromatic rings. The van der Waals surface area contributed by atoms with Gasteiger partial charge in [0.05, 0.1) is 7.11 Å². The summed E-state index contributed by atoms with van der Waals surface area (Å²) in [6.45, 7) is 0.336. The molecule has 0 saturated carbocycles. The zero-order chi connectivity index (χ0) is 14.4. The number of ether oxygens (including phenoxy) is 1. The summed E-state index contributed by atoms with van der Waals surface area (Å²) in [7, 11) is 1.58. The maximum Gasteiger partial charge on any atom is 0.319 e. The van der Waals surface area contributed by atoms with E-state index in [2.05, 4.69) is 10.6 Å². The van der Waals surface area contributed by atoms with Crippen LogP contribution in [-0.2, 0) is 6.54 Å². The Hall–Kier alpha value is -2.56. The zero-order valence-electron chi connectivity index (χ0n) is 11.0. The van der Waals surface area contributed by atoms with Crippen molar-refractivity contribution in [1.82, 2.24) is 5.32 Å². The molecule has 4 nitrogen and oxygen atoms in total. The largest absolute Gasteiger partial charge is 0.497 e. The molecule has 0 unspecified atom stereocenters. The van der Waals surface area contributed by atoms with Crippen molar-refractivity contribution < 1.29 is 13.9 Å². The summed E-state index contributed by atoms with van der Waals surface area (Å²) in [6.07, 6.45) is 0. The van der Waals surface area contributed by atoms with E-state index in [9.17, 15) is 9.18 Å². The van der Waals surface area contributed by atoms with Crippen molar-refractivity contribution in [3.05, 3.63) is 59.9 Å². The van der Waals surface area contributed by atoms with Crippen LogP contribution in [0.4, 0.5) is 14.9 Å². The number of anilines is 1. The highest BCUT2D eigenvalue weighted by atomic mass is 19.1. The first-order valence-corrected chi connectivity index (χ1v) is 6.11. The van der Waals surface area contributed by atoms with Gasteiger partial charge in [0.25, 0.3) is 0 Å². The highest BCUT2D eigenvalue weighted by Gasteiger charge is 2.02. The predicted octanol–water partition coefficient (Wildman–Crippen LogP) is 3.16. The Morgan fingerprint density at radius 1 is 1.10 bits per heavy atom. The second-order valence-corrected chi connectivity index (χ2v) is 4.16. The second-order valence-electron chi connectivity index (χ2n) is 4.16. The van der Waals surface area contributed by atoms with Gasteiger partial charge in [-0.05, 0) is 42.0 Å². The van der Waals surface area contributed by atoms with E-state index in [1.165, 1.54) is 12.1 Å². The second kappa shape index (κ2) is 6.56. The lowest BCUT2D eigenvalue weighted by atomic mass is 10.2. The first-order valence-electron chi connectivity index (χ1n) is 6.11. The van der Waals surface area contributed by atoms with Gasteiger partial charge in [0, 0.05) is 12.2 Å². The molecule has 0 heterocycles. The number of carbonyl (C=O) groups excluding carboxylic acids is 1. The number of benzene rings is 2. The summed E-state index contributed by atoms with van der Waals surface area (Å²) in [5.41, 5.74) is 1.50. The molecule has 2 rings (SSSR count). The average Bonchev–Trinajstić information content (AvgIpc) is 2.47. The number of rotatable bonds is 4. The molecule has 0 aliphatic rings. The minimum Gasteiger partial charge on any atom is -0.497 e. The van der Waals surface area contributed by atoms with E-state index in [0.717, 1.165) is 11.3 Å². The minimum atomic E-state index is -0.320. The van der Waals surface area contributed by atoms with Gasteiger partial charge in [0.2, 0.25) is 0 Å². The normalized spacial score (nSPS) is 9.90. The van der Waals surface area contributed by atoms with E-state index in [1.807, 2.05) is 0 Å². The Bertz CT molecular complexity index is 567. The molecule has 0 bridgehead atoms. The quantitative estimate of drug-likeness (QED) is 0.899. The molecule has 0 saturated heterocycles. The van der Waals surface area contributed by atoms with Crippen LogP contribution < -0.4 is 15.4 Å². The van der Waals surface area contributed by atoms with Crippen LogP contribution in [0.25, 0.3) is 0 Å². The molecular weight excluding hydrogens is 259 g/mol. The number of hydrogen-bond acceptors (Lipinski definition) is 2. The number of carbonyl (C=O) groups is 1. The molecular formula is C15H15FN2O2. The van der Waals surface area contributed by atoms with Crippen LogP contribution in [-0.4, -0.2) is 13.1 Å². The molecule has 5 heteroatoms. The van der Waals surface area contributed by atoms with Crippen LogP contribution in [0.2, 0.25) is 0 Å². The van der Waals surface area contributed by atoms with Crippen LogP contribution in [0, 0.1) is 5.82 Å². The van der Waals surface area contributed by atoms with E-state index in [0.29, 0.717) is 12.2 Å².